The van der Waals surface area contributed by atoms with Crippen LogP contribution in [0.4, 0.5) is 14.5 Å². The number of nitrogens with zero attached hydrogens (tertiary/aromatic N) is 3. The van der Waals surface area contributed by atoms with E-state index in [9.17, 15) is 13.6 Å². The number of fused-ring (bicyclic) bond motifs is 1. The van der Waals surface area contributed by atoms with Crippen molar-refractivity contribution < 1.29 is 13.6 Å². The van der Waals surface area contributed by atoms with Crippen LogP contribution in [-0.2, 0) is 19.4 Å². The molecule has 1 aliphatic carbocycles. The summed E-state index contributed by atoms with van der Waals surface area (Å²) in [5.41, 5.74) is 6.91. The number of anilines is 1. The Hall–Kier alpha value is -3.15. The third-order valence-corrected chi connectivity index (χ3v) is 7.41. The van der Waals surface area contributed by atoms with Crippen molar-refractivity contribution in [1.29, 1.82) is 0 Å². The van der Waals surface area contributed by atoms with Gasteiger partial charge >= 0.3 is 0 Å². The van der Waals surface area contributed by atoms with Crippen molar-refractivity contribution in [3.05, 3.63) is 87.7 Å². The van der Waals surface area contributed by atoms with E-state index in [4.69, 9.17) is 0 Å². The lowest BCUT2D eigenvalue weighted by molar-refractivity contribution is 0.0735. The Labute approximate surface area is 199 Å². The van der Waals surface area contributed by atoms with Crippen molar-refractivity contribution in [1.82, 2.24) is 9.47 Å². The quantitative estimate of drug-likeness (QED) is 0.527. The van der Waals surface area contributed by atoms with Gasteiger partial charge in [0.1, 0.15) is 17.3 Å². The molecule has 1 aromatic heterocycles. The lowest BCUT2D eigenvalue weighted by Gasteiger charge is -2.37. The second-order valence-electron chi connectivity index (χ2n) is 9.49. The molecule has 6 heteroatoms. The number of rotatable bonds is 4. The van der Waals surface area contributed by atoms with E-state index >= 15 is 0 Å². The third kappa shape index (κ3) is 4.10. The first-order valence-electron chi connectivity index (χ1n) is 12.2. The summed E-state index contributed by atoms with van der Waals surface area (Å²) in [5.74, 6) is -1.14. The monoisotopic (exact) mass is 463 g/mol. The maximum Gasteiger partial charge on any atom is 0.270 e. The summed E-state index contributed by atoms with van der Waals surface area (Å²) in [7, 11) is 0. The summed E-state index contributed by atoms with van der Waals surface area (Å²) in [6, 6.07) is 12.0. The number of carbonyl (C=O) groups is 1. The minimum Gasteiger partial charge on any atom is -0.368 e. The molecule has 2 aliphatic rings. The summed E-state index contributed by atoms with van der Waals surface area (Å²) in [6.45, 7) is 7.24. The predicted octanol–water partition coefficient (Wildman–Crippen LogP) is 5.27. The van der Waals surface area contributed by atoms with Gasteiger partial charge in [-0.2, -0.15) is 0 Å². The van der Waals surface area contributed by atoms with E-state index in [0.29, 0.717) is 24.3 Å². The topological polar surface area (TPSA) is 28.5 Å². The number of aryl methyl sites for hydroxylation is 1. The standard InChI is InChI=1S/C28H31F2N3O/c1-19-7-3-5-9-25(19)31-13-15-32(16-14-31)28(34)27-20(2)23-8-4-6-10-26(23)33(27)18-21-11-12-22(29)17-24(21)30/h3,5,7,9,11-12,17H,4,6,8,10,13-16,18H2,1-2H3. The normalized spacial score (nSPS) is 16.0. The molecule has 5 rings (SSSR count). The van der Waals surface area contributed by atoms with Gasteiger partial charge in [-0.25, -0.2) is 8.78 Å². The number of para-hydroxylation sites is 1. The molecule has 0 radical (unpaired) electrons. The minimum atomic E-state index is -0.588. The molecule has 4 nitrogen and oxygen atoms in total. The van der Waals surface area contributed by atoms with Crippen molar-refractivity contribution in [2.24, 2.45) is 0 Å². The average Bonchev–Trinajstić information content (AvgIpc) is 3.12. The number of piperazine rings is 1. The van der Waals surface area contributed by atoms with Crippen LogP contribution in [0.1, 0.15) is 51.3 Å². The first-order chi connectivity index (χ1) is 16.4. The van der Waals surface area contributed by atoms with Crippen LogP contribution in [0, 0.1) is 25.5 Å². The Morgan fingerprint density at radius 1 is 0.941 bits per heavy atom. The van der Waals surface area contributed by atoms with Crippen LogP contribution in [0.2, 0.25) is 0 Å². The molecule has 1 aliphatic heterocycles. The van der Waals surface area contributed by atoms with Gasteiger partial charge in [0.15, 0.2) is 0 Å². The van der Waals surface area contributed by atoms with E-state index in [1.807, 2.05) is 22.5 Å². The number of aromatic nitrogens is 1. The zero-order valence-corrected chi connectivity index (χ0v) is 19.9. The van der Waals surface area contributed by atoms with Crippen LogP contribution in [-0.4, -0.2) is 41.6 Å². The van der Waals surface area contributed by atoms with Crippen LogP contribution < -0.4 is 4.90 Å². The van der Waals surface area contributed by atoms with E-state index in [2.05, 4.69) is 30.0 Å². The van der Waals surface area contributed by atoms with Gasteiger partial charge in [-0.3, -0.25) is 4.79 Å². The molecule has 3 aromatic rings. The molecule has 0 saturated carbocycles. The van der Waals surface area contributed by atoms with Crippen molar-refractivity contribution in [2.75, 3.05) is 31.1 Å². The second kappa shape index (κ2) is 9.24. The SMILES string of the molecule is Cc1ccccc1N1CCN(C(=O)c2c(C)c3c(n2Cc2ccc(F)cc2F)CCCC3)CC1. The van der Waals surface area contributed by atoms with Gasteiger partial charge in [-0.1, -0.05) is 24.3 Å². The fourth-order valence-electron chi connectivity index (χ4n) is 5.56. The zero-order valence-electron chi connectivity index (χ0n) is 19.9. The molecule has 2 aromatic carbocycles. The van der Waals surface area contributed by atoms with Crippen molar-refractivity contribution in [3.63, 3.8) is 0 Å². The number of benzene rings is 2. The fraction of sp³-hybridized carbons (Fsp3) is 0.393. The van der Waals surface area contributed by atoms with E-state index < -0.39 is 11.6 Å². The Morgan fingerprint density at radius 3 is 2.41 bits per heavy atom. The number of halogens is 2. The highest BCUT2D eigenvalue weighted by atomic mass is 19.1. The molecule has 1 saturated heterocycles. The Bertz CT molecular complexity index is 1220. The maximum absolute atomic E-state index is 14.5. The molecule has 2 heterocycles. The zero-order chi connectivity index (χ0) is 23.8. The fourth-order valence-corrected chi connectivity index (χ4v) is 5.56. The van der Waals surface area contributed by atoms with Gasteiger partial charge < -0.3 is 14.4 Å². The second-order valence-corrected chi connectivity index (χ2v) is 9.49. The van der Waals surface area contributed by atoms with Crippen LogP contribution in [0.25, 0.3) is 0 Å². The molecule has 0 unspecified atom stereocenters. The van der Waals surface area contributed by atoms with Crippen LogP contribution >= 0.6 is 0 Å². The molecule has 0 spiro atoms. The predicted molar refractivity (Wildman–Crippen MR) is 131 cm³/mol. The number of carbonyl (C=O) groups excluding carboxylic acids is 1. The first kappa shape index (κ1) is 22.6. The molecule has 1 fully saturated rings. The number of hydrogen-bond donors (Lipinski definition) is 0. The number of hydrogen-bond acceptors (Lipinski definition) is 2. The van der Waals surface area contributed by atoms with Gasteiger partial charge in [-0.15, -0.1) is 0 Å². The molecule has 1 amide bonds. The highest BCUT2D eigenvalue weighted by Gasteiger charge is 2.31. The van der Waals surface area contributed by atoms with Crippen molar-refractivity contribution in [2.45, 2.75) is 46.1 Å². The summed E-state index contributed by atoms with van der Waals surface area (Å²) < 4.78 is 30.0. The van der Waals surface area contributed by atoms with Crippen LogP contribution in [0.3, 0.4) is 0 Å². The van der Waals surface area contributed by atoms with Crippen molar-refractivity contribution in [3.8, 4) is 0 Å². The van der Waals surface area contributed by atoms with Gasteiger partial charge in [0.2, 0.25) is 0 Å². The Kier molecular flexibility index (Phi) is 6.15. The molecule has 178 valence electrons. The number of amides is 1. The van der Waals surface area contributed by atoms with Gasteiger partial charge in [-0.05, 0) is 68.4 Å². The Balaban J connectivity index is 1.43. The van der Waals surface area contributed by atoms with Gasteiger partial charge in [0.05, 0.1) is 6.54 Å². The average molecular weight is 464 g/mol. The summed E-state index contributed by atoms with van der Waals surface area (Å²) in [5, 5.41) is 0. The van der Waals surface area contributed by atoms with E-state index in [-0.39, 0.29) is 12.5 Å². The summed E-state index contributed by atoms with van der Waals surface area (Å²) in [6.07, 6.45) is 3.99. The molecule has 0 atom stereocenters. The van der Waals surface area contributed by atoms with E-state index in [1.165, 1.54) is 28.9 Å². The summed E-state index contributed by atoms with van der Waals surface area (Å²) in [4.78, 5) is 18.1. The maximum atomic E-state index is 14.5. The molecular formula is C28H31F2N3O. The highest BCUT2D eigenvalue weighted by molar-refractivity contribution is 5.95. The lowest BCUT2D eigenvalue weighted by Crippen LogP contribution is -2.49. The molecular weight excluding hydrogens is 432 g/mol. The van der Waals surface area contributed by atoms with E-state index in [1.54, 1.807) is 0 Å². The van der Waals surface area contributed by atoms with Crippen molar-refractivity contribution >= 4 is 11.6 Å². The molecule has 0 bridgehead atoms. The van der Waals surface area contributed by atoms with Crippen LogP contribution in [0.5, 0.6) is 0 Å². The van der Waals surface area contributed by atoms with Gasteiger partial charge in [0, 0.05) is 49.2 Å². The summed E-state index contributed by atoms with van der Waals surface area (Å²) >= 11 is 0. The Morgan fingerprint density at radius 2 is 1.68 bits per heavy atom. The van der Waals surface area contributed by atoms with Gasteiger partial charge in [0.25, 0.3) is 5.91 Å². The lowest BCUT2D eigenvalue weighted by atomic mass is 9.95. The molecule has 34 heavy (non-hydrogen) atoms. The van der Waals surface area contributed by atoms with E-state index in [0.717, 1.165) is 56.1 Å². The van der Waals surface area contributed by atoms with Crippen LogP contribution in [0.15, 0.2) is 42.5 Å². The largest absolute Gasteiger partial charge is 0.368 e. The first-order valence-corrected chi connectivity index (χ1v) is 12.2. The highest BCUT2D eigenvalue weighted by Crippen LogP contribution is 2.32. The smallest absolute Gasteiger partial charge is 0.270 e. The minimum absolute atomic E-state index is 0.0128. The third-order valence-electron chi connectivity index (χ3n) is 7.41. The molecule has 0 N–H and O–H groups in total.